The minimum Gasteiger partial charge on any atom is -0.477 e. The Morgan fingerprint density at radius 2 is 1.73 bits per heavy atom. The van der Waals surface area contributed by atoms with Gasteiger partial charge in [0.05, 0.1) is 0 Å². The van der Waals surface area contributed by atoms with Crippen molar-refractivity contribution in [2.24, 2.45) is 0 Å². The van der Waals surface area contributed by atoms with Gasteiger partial charge < -0.3 is 5.11 Å². The van der Waals surface area contributed by atoms with Crippen LogP contribution in [-0.2, 0) is 6.42 Å². The first-order valence-corrected chi connectivity index (χ1v) is 8.09. The van der Waals surface area contributed by atoms with Crippen LogP contribution in [0.5, 0.6) is 0 Å². The van der Waals surface area contributed by atoms with E-state index in [1.165, 1.54) is 11.1 Å². The number of hydrogen-bond acceptors (Lipinski definition) is 3. The first-order valence-electron chi connectivity index (χ1n) is 8.09. The summed E-state index contributed by atoms with van der Waals surface area (Å²) in [5.41, 5.74) is 3.46. The van der Waals surface area contributed by atoms with Crippen molar-refractivity contribution < 1.29 is 9.90 Å². The molecule has 0 radical (unpaired) electrons. The molecule has 0 unspecified atom stereocenters. The first kappa shape index (κ1) is 15.8. The molecule has 0 fully saturated rings. The predicted molar refractivity (Wildman–Crippen MR) is 97.5 cm³/mol. The molecule has 2 N–H and O–H groups in total. The number of carboxylic acids is 1. The Morgan fingerprint density at radius 1 is 1.04 bits per heavy atom. The van der Waals surface area contributed by atoms with Gasteiger partial charge in [-0.15, -0.1) is 0 Å². The molecule has 0 amide bonds. The lowest BCUT2D eigenvalue weighted by Crippen LogP contribution is -2.22. The van der Waals surface area contributed by atoms with Crippen LogP contribution < -0.4 is 5.56 Å². The van der Waals surface area contributed by atoms with Crippen molar-refractivity contribution in [3.8, 4) is 11.1 Å². The Kier molecular flexibility index (Phi) is 3.85. The van der Waals surface area contributed by atoms with Crippen molar-refractivity contribution in [3.05, 3.63) is 94.0 Å². The SMILES string of the molecule is O=C(O)c1cnc2c(-c3ccc(Cc4ccccc4)cc3)c[nH]n2c1=O. The van der Waals surface area contributed by atoms with E-state index in [0.29, 0.717) is 5.65 Å². The van der Waals surface area contributed by atoms with E-state index in [-0.39, 0.29) is 5.56 Å². The monoisotopic (exact) mass is 345 g/mol. The second kappa shape index (κ2) is 6.33. The fourth-order valence-electron chi connectivity index (χ4n) is 2.95. The van der Waals surface area contributed by atoms with E-state index in [9.17, 15) is 9.59 Å². The summed E-state index contributed by atoms with van der Waals surface area (Å²) < 4.78 is 1.15. The van der Waals surface area contributed by atoms with Gasteiger partial charge in [0.15, 0.2) is 5.65 Å². The van der Waals surface area contributed by atoms with Gasteiger partial charge in [0.1, 0.15) is 5.56 Å². The van der Waals surface area contributed by atoms with Crippen LogP contribution >= 0.6 is 0 Å². The lowest BCUT2D eigenvalue weighted by Gasteiger charge is -2.04. The number of rotatable bonds is 4. The third-order valence-corrected chi connectivity index (χ3v) is 4.29. The summed E-state index contributed by atoms with van der Waals surface area (Å²) in [6, 6.07) is 18.2. The van der Waals surface area contributed by atoms with Crippen LogP contribution in [0.4, 0.5) is 0 Å². The molecule has 4 rings (SSSR count). The number of fused-ring (bicyclic) bond motifs is 1. The second-order valence-corrected chi connectivity index (χ2v) is 5.99. The highest BCUT2D eigenvalue weighted by molar-refractivity contribution is 5.87. The smallest absolute Gasteiger partial charge is 0.343 e. The quantitative estimate of drug-likeness (QED) is 0.595. The highest BCUT2D eigenvalue weighted by Crippen LogP contribution is 2.23. The molecule has 26 heavy (non-hydrogen) atoms. The number of hydrogen-bond donors (Lipinski definition) is 2. The topological polar surface area (TPSA) is 87.5 Å². The summed E-state index contributed by atoms with van der Waals surface area (Å²) in [4.78, 5) is 27.4. The molecule has 4 aromatic rings. The molecule has 6 heteroatoms. The number of carboxylic acid groups (broad SMARTS) is 1. The van der Waals surface area contributed by atoms with Gasteiger partial charge in [-0.05, 0) is 23.1 Å². The van der Waals surface area contributed by atoms with Gasteiger partial charge in [0.2, 0.25) is 0 Å². The average molecular weight is 345 g/mol. The van der Waals surface area contributed by atoms with Crippen molar-refractivity contribution in [3.63, 3.8) is 0 Å². The third-order valence-electron chi connectivity index (χ3n) is 4.29. The van der Waals surface area contributed by atoms with E-state index in [1.54, 1.807) is 6.20 Å². The summed E-state index contributed by atoms with van der Waals surface area (Å²) in [5.74, 6) is -1.29. The Bertz CT molecular complexity index is 1140. The molecule has 2 heterocycles. The number of nitrogens with zero attached hydrogens (tertiary/aromatic N) is 2. The first-order chi connectivity index (χ1) is 12.6. The van der Waals surface area contributed by atoms with Crippen LogP contribution in [0.25, 0.3) is 16.8 Å². The van der Waals surface area contributed by atoms with E-state index < -0.39 is 11.5 Å². The van der Waals surface area contributed by atoms with Gasteiger partial charge >= 0.3 is 5.97 Å². The number of aromatic carboxylic acids is 1. The molecular weight excluding hydrogens is 330 g/mol. The molecule has 2 aromatic carbocycles. The molecule has 0 aliphatic rings. The zero-order valence-electron chi connectivity index (χ0n) is 13.7. The lowest BCUT2D eigenvalue weighted by molar-refractivity contribution is 0.0694. The number of aromatic amines is 1. The van der Waals surface area contributed by atoms with Gasteiger partial charge in [-0.1, -0.05) is 54.6 Å². The number of benzene rings is 2. The predicted octanol–water partition coefficient (Wildman–Crippen LogP) is 2.98. The van der Waals surface area contributed by atoms with Crippen LogP contribution in [0.3, 0.4) is 0 Å². The Hall–Kier alpha value is -3.67. The van der Waals surface area contributed by atoms with E-state index in [2.05, 4.69) is 22.2 Å². The standard InChI is InChI=1S/C20H15N3O3/c24-19-17(20(25)26)11-21-18-16(12-22-23(18)19)15-8-6-14(7-9-15)10-13-4-2-1-3-5-13/h1-9,11-12,22H,10H2,(H,25,26). The molecule has 0 atom stereocenters. The maximum atomic E-state index is 12.2. The maximum Gasteiger partial charge on any atom is 0.343 e. The van der Waals surface area contributed by atoms with E-state index >= 15 is 0 Å². The van der Waals surface area contributed by atoms with Crippen LogP contribution in [-0.4, -0.2) is 25.7 Å². The fourth-order valence-corrected chi connectivity index (χ4v) is 2.95. The number of nitrogens with one attached hydrogen (secondary N) is 1. The summed E-state index contributed by atoms with van der Waals surface area (Å²) in [5, 5.41) is 11.8. The van der Waals surface area contributed by atoms with Crippen molar-refractivity contribution in [1.82, 2.24) is 14.6 Å². The maximum absolute atomic E-state index is 12.2. The zero-order chi connectivity index (χ0) is 18.1. The second-order valence-electron chi connectivity index (χ2n) is 5.99. The number of aromatic nitrogens is 3. The van der Waals surface area contributed by atoms with Gasteiger partial charge in [0.25, 0.3) is 5.56 Å². The van der Waals surface area contributed by atoms with Crippen LogP contribution in [0.15, 0.2) is 71.8 Å². The van der Waals surface area contributed by atoms with Gasteiger partial charge in [-0.3, -0.25) is 9.89 Å². The largest absolute Gasteiger partial charge is 0.477 e. The molecular formula is C20H15N3O3. The molecule has 6 nitrogen and oxygen atoms in total. The normalized spacial score (nSPS) is 10.9. The van der Waals surface area contributed by atoms with Crippen LogP contribution in [0, 0.1) is 0 Å². The highest BCUT2D eigenvalue weighted by Gasteiger charge is 2.15. The molecule has 2 aromatic heterocycles. The number of H-pyrrole nitrogens is 1. The minimum atomic E-state index is -1.29. The minimum absolute atomic E-state index is 0.367. The van der Waals surface area contributed by atoms with E-state index in [4.69, 9.17) is 5.11 Å². The van der Waals surface area contributed by atoms with Crippen LogP contribution in [0.2, 0.25) is 0 Å². The van der Waals surface area contributed by atoms with Crippen molar-refractivity contribution in [1.29, 1.82) is 0 Å². The number of carbonyl (C=O) groups is 1. The van der Waals surface area contributed by atoms with Crippen molar-refractivity contribution in [2.45, 2.75) is 6.42 Å². The Balaban J connectivity index is 1.69. The van der Waals surface area contributed by atoms with Gasteiger partial charge in [-0.25, -0.2) is 14.3 Å². The molecule has 0 aliphatic carbocycles. The molecule has 0 bridgehead atoms. The average Bonchev–Trinajstić information content (AvgIpc) is 3.08. The van der Waals surface area contributed by atoms with Crippen molar-refractivity contribution in [2.75, 3.05) is 0 Å². The summed E-state index contributed by atoms with van der Waals surface area (Å²) >= 11 is 0. The summed E-state index contributed by atoms with van der Waals surface area (Å²) in [7, 11) is 0. The lowest BCUT2D eigenvalue weighted by atomic mass is 10.0. The van der Waals surface area contributed by atoms with Gasteiger partial charge in [0, 0.05) is 18.0 Å². The summed E-state index contributed by atoms with van der Waals surface area (Å²) in [6.45, 7) is 0. The highest BCUT2D eigenvalue weighted by atomic mass is 16.4. The molecule has 0 aliphatic heterocycles. The molecule has 0 saturated heterocycles. The fraction of sp³-hybridized carbons (Fsp3) is 0.0500. The van der Waals surface area contributed by atoms with Gasteiger partial charge in [-0.2, -0.15) is 0 Å². The third kappa shape index (κ3) is 2.77. The van der Waals surface area contributed by atoms with E-state index in [0.717, 1.165) is 28.3 Å². The van der Waals surface area contributed by atoms with E-state index in [1.807, 2.05) is 42.5 Å². The Labute approximate surface area is 148 Å². The molecule has 0 spiro atoms. The summed E-state index contributed by atoms with van der Waals surface area (Å²) in [6.07, 6.45) is 3.59. The Morgan fingerprint density at radius 3 is 2.42 bits per heavy atom. The zero-order valence-corrected chi connectivity index (χ0v) is 13.7. The molecule has 0 saturated carbocycles. The van der Waals surface area contributed by atoms with Crippen LogP contribution in [0.1, 0.15) is 21.5 Å². The van der Waals surface area contributed by atoms with Crippen molar-refractivity contribution >= 4 is 11.6 Å². The molecule has 128 valence electrons.